The van der Waals surface area contributed by atoms with Gasteiger partial charge in [0.1, 0.15) is 10.1 Å². The lowest BCUT2D eigenvalue weighted by Gasteiger charge is -2.16. The summed E-state index contributed by atoms with van der Waals surface area (Å²) in [6.07, 6.45) is 0. The number of ether oxygens (including phenoxy) is 1. The molecule has 1 unspecified atom stereocenters. The van der Waals surface area contributed by atoms with Gasteiger partial charge in [-0.05, 0) is 51.8 Å². The third-order valence-corrected chi connectivity index (χ3v) is 6.71. The van der Waals surface area contributed by atoms with Gasteiger partial charge in [0.2, 0.25) is 0 Å². The van der Waals surface area contributed by atoms with Crippen LogP contribution in [0.15, 0.2) is 28.2 Å². The minimum Gasteiger partial charge on any atom is -0.468 e. The fraction of sp³-hybridized carbons (Fsp3) is 0.350. The molecule has 0 bridgehead atoms. The monoisotopic (exact) mass is 402 g/mol. The number of rotatable bonds is 4. The quantitative estimate of drug-likeness (QED) is 0.369. The van der Waals surface area contributed by atoms with Gasteiger partial charge in [0.05, 0.1) is 18.2 Å². The van der Waals surface area contributed by atoms with Crippen LogP contribution in [0.1, 0.15) is 28.5 Å². The summed E-state index contributed by atoms with van der Waals surface area (Å²) < 4.78 is 6.46. The van der Waals surface area contributed by atoms with Gasteiger partial charge in [-0.2, -0.15) is 0 Å². The van der Waals surface area contributed by atoms with Gasteiger partial charge in [0, 0.05) is 4.88 Å². The van der Waals surface area contributed by atoms with Gasteiger partial charge in [0.25, 0.3) is 5.56 Å². The van der Waals surface area contributed by atoms with Crippen LogP contribution < -0.4 is 5.56 Å². The number of fused-ring (bicyclic) bond motifs is 1. The first-order valence-corrected chi connectivity index (χ1v) is 10.3. The molecular formula is C20H22N2O3S2. The minimum atomic E-state index is -0.474. The third-order valence-electron chi connectivity index (χ3n) is 4.58. The second-order valence-electron chi connectivity index (χ2n) is 6.57. The molecule has 0 aliphatic rings. The molecule has 3 aromatic rings. The molecule has 5 nitrogen and oxygen atoms in total. The summed E-state index contributed by atoms with van der Waals surface area (Å²) in [6, 6.07) is 5.94. The number of hydrogen-bond acceptors (Lipinski definition) is 6. The summed E-state index contributed by atoms with van der Waals surface area (Å²) >= 11 is 2.74. The van der Waals surface area contributed by atoms with E-state index in [-0.39, 0.29) is 11.5 Å². The van der Waals surface area contributed by atoms with Crippen LogP contribution in [0.4, 0.5) is 0 Å². The normalized spacial score (nSPS) is 12.4. The van der Waals surface area contributed by atoms with Crippen LogP contribution >= 0.6 is 23.1 Å². The topological polar surface area (TPSA) is 61.2 Å². The molecule has 1 atom stereocenters. The Hall–Kier alpha value is -2.12. The number of esters is 1. The predicted octanol–water partition coefficient (Wildman–Crippen LogP) is 4.33. The standard InChI is InChI=1S/C20H22N2O3S2/c1-10-7-8-15(11(2)9-10)22-18(23)16-12(3)13(4)26-17(16)21-20(22)27-14(5)19(24)25-6/h7-9,14H,1-6H3. The van der Waals surface area contributed by atoms with E-state index in [1.165, 1.54) is 30.2 Å². The SMILES string of the molecule is COC(=O)C(C)Sc1nc2sc(C)c(C)c2c(=O)n1-c1ccc(C)cc1C. The Labute approximate surface area is 166 Å². The highest BCUT2D eigenvalue weighted by molar-refractivity contribution is 8.00. The number of aromatic nitrogens is 2. The molecule has 0 spiro atoms. The molecule has 0 saturated heterocycles. The van der Waals surface area contributed by atoms with Crippen LogP contribution in [0.25, 0.3) is 15.9 Å². The Morgan fingerprint density at radius 3 is 2.59 bits per heavy atom. The predicted molar refractivity (Wildman–Crippen MR) is 112 cm³/mol. The zero-order valence-corrected chi connectivity index (χ0v) is 17.9. The van der Waals surface area contributed by atoms with Crippen LogP contribution in [0.3, 0.4) is 0 Å². The molecular weight excluding hydrogens is 380 g/mol. The van der Waals surface area contributed by atoms with E-state index in [0.29, 0.717) is 15.4 Å². The van der Waals surface area contributed by atoms with Crippen molar-refractivity contribution in [2.24, 2.45) is 0 Å². The molecule has 0 aliphatic carbocycles. The fourth-order valence-electron chi connectivity index (χ4n) is 3.00. The Bertz CT molecular complexity index is 1100. The molecule has 0 radical (unpaired) electrons. The van der Waals surface area contributed by atoms with Gasteiger partial charge in [-0.3, -0.25) is 14.2 Å². The van der Waals surface area contributed by atoms with Crippen molar-refractivity contribution in [2.75, 3.05) is 7.11 Å². The number of thiophene rings is 1. The molecule has 0 fully saturated rings. The first-order valence-electron chi connectivity index (χ1n) is 8.59. The van der Waals surface area contributed by atoms with Crippen LogP contribution in [-0.4, -0.2) is 27.9 Å². The second-order valence-corrected chi connectivity index (χ2v) is 9.08. The summed E-state index contributed by atoms with van der Waals surface area (Å²) in [5.74, 6) is -0.347. The zero-order valence-electron chi connectivity index (χ0n) is 16.2. The molecule has 3 rings (SSSR count). The maximum atomic E-state index is 13.4. The van der Waals surface area contributed by atoms with Gasteiger partial charge in [-0.1, -0.05) is 29.5 Å². The number of aryl methyl sites for hydroxylation is 4. The number of methoxy groups -OCH3 is 1. The first kappa shape index (κ1) is 19.6. The van der Waals surface area contributed by atoms with Crippen molar-refractivity contribution in [3.05, 3.63) is 50.1 Å². The van der Waals surface area contributed by atoms with Crippen molar-refractivity contribution >= 4 is 39.3 Å². The lowest BCUT2D eigenvalue weighted by molar-refractivity contribution is -0.139. The molecule has 1 aromatic carbocycles. The molecule has 0 N–H and O–H groups in total. The van der Waals surface area contributed by atoms with Crippen molar-refractivity contribution in [1.82, 2.24) is 9.55 Å². The summed E-state index contributed by atoms with van der Waals surface area (Å²) in [5, 5.41) is 0.671. The van der Waals surface area contributed by atoms with Crippen molar-refractivity contribution < 1.29 is 9.53 Å². The lowest BCUT2D eigenvalue weighted by atomic mass is 10.1. The zero-order chi connectivity index (χ0) is 19.9. The summed E-state index contributed by atoms with van der Waals surface area (Å²) in [4.78, 5) is 31.9. The van der Waals surface area contributed by atoms with E-state index in [9.17, 15) is 9.59 Å². The number of carbonyl (C=O) groups is 1. The minimum absolute atomic E-state index is 0.103. The van der Waals surface area contributed by atoms with E-state index in [1.807, 2.05) is 45.9 Å². The molecule has 0 aliphatic heterocycles. The number of hydrogen-bond donors (Lipinski definition) is 0. The van der Waals surface area contributed by atoms with E-state index in [1.54, 1.807) is 11.5 Å². The maximum absolute atomic E-state index is 13.4. The summed E-state index contributed by atoms with van der Waals surface area (Å²) in [5.41, 5.74) is 3.74. The third kappa shape index (κ3) is 3.53. The summed E-state index contributed by atoms with van der Waals surface area (Å²) in [6.45, 7) is 9.69. The number of carbonyl (C=O) groups excluding carboxylic acids is 1. The molecule has 0 amide bonds. The highest BCUT2D eigenvalue weighted by atomic mass is 32.2. The van der Waals surface area contributed by atoms with Gasteiger partial charge in [0.15, 0.2) is 5.16 Å². The van der Waals surface area contributed by atoms with E-state index < -0.39 is 5.25 Å². The van der Waals surface area contributed by atoms with Crippen LogP contribution in [-0.2, 0) is 9.53 Å². The Balaban J connectivity index is 2.32. The Kier molecular flexibility index (Phi) is 5.44. The van der Waals surface area contributed by atoms with Crippen LogP contribution in [0.5, 0.6) is 0 Å². The average molecular weight is 403 g/mol. The highest BCUT2D eigenvalue weighted by Crippen LogP contribution is 2.31. The Morgan fingerprint density at radius 2 is 1.96 bits per heavy atom. The van der Waals surface area contributed by atoms with Crippen LogP contribution in [0.2, 0.25) is 0 Å². The van der Waals surface area contributed by atoms with Crippen LogP contribution in [0, 0.1) is 27.7 Å². The van der Waals surface area contributed by atoms with E-state index >= 15 is 0 Å². The van der Waals surface area contributed by atoms with E-state index in [2.05, 4.69) is 0 Å². The first-order chi connectivity index (χ1) is 12.7. The largest absolute Gasteiger partial charge is 0.468 e. The molecule has 27 heavy (non-hydrogen) atoms. The number of thioether (sulfide) groups is 1. The van der Waals surface area contributed by atoms with Crippen molar-refractivity contribution in [1.29, 1.82) is 0 Å². The van der Waals surface area contributed by atoms with Crippen molar-refractivity contribution in [3.8, 4) is 5.69 Å². The van der Waals surface area contributed by atoms with Gasteiger partial charge < -0.3 is 4.74 Å². The second kappa shape index (κ2) is 7.48. The summed E-state index contributed by atoms with van der Waals surface area (Å²) in [7, 11) is 1.36. The van der Waals surface area contributed by atoms with Gasteiger partial charge in [-0.15, -0.1) is 11.3 Å². The van der Waals surface area contributed by atoms with E-state index in [4.69, 9.17) is 9.72 Å². The average Bonchev–Trinajstić information content (AvgIpc) is 2.90. The smallest absolute Gasteiger partial charge is 0.318 e. The Morgan fingerprint density at radius 1 is 1.26 bits per heavy atom. The van der Waals surface area contributed by atoms with E-state index in [0.717, 1.165) is 27.3 Å². The fourth-order valence-corrected chi connectivity index (χ4v) is 5.01. The highest BCUT2D eigenvalue weighted by Gasteiger charge is 2.23. The molecule has 0 saturated carbocycles. The van der Waals surface area contributed by atoms with Crippen molar-refractivity contribution in [2.45, 2.75) is 45.0 Å². The van der Waals surface area contributed by atoms with Gasteiger partial charge in [-0.25, -0.2) is 4.98 Å². The molecule has 2 aromatic heterocycles. The number of nitrogens with zero attached hydrogens (tertiary/aromatic N) is 2. The molecule has 142 valence electrons. The maximum Gasteiger partial charge on any atom is 0.318 e. The molecule has 7 heteroatoms. The van der Waals surface area contributed by atoms with Gasteiger partial charge >= 0.3 is 5.97 Å². The lowest BCUT2D eigenvalue weighted by Crippen LogP contribution is -2.24. The van der Waals surface area contributed by atoms with Crippen molar-refractivity contribution in [3.63, 3.8) is 0 Å². The molecule has 2 heterocycles. The number of benzene rings is 1.